The zero-order chi connectivity index (χ0) is 22.6. The highest BCUT2D eigenvalue weighted by Crippen LogP contribution is 2.29. The zero-order valence-electron chi connectivity index (χ0n) is 16.7. The van der Waals surface area contributed by atoms with Crippen LogP contribution in [0.25, 0.3) is 0 Å². The van der Waals surface area contributed by atoms with Crippen molar-refractivity contribution in [2.75, 3.05) is 52.5 Å². The molecule has 1 aliphatic rings. The normalized spacial score (nSPS) is 20.0. The van der Waals surface area contributed by atoms with Gasteiger partial charge in [-0.3, -0.25) is 9.35 Å². The lowest BCUT2D eigenvalue weighted by atomic mass is 9.87. The number of carbonyl (C=O) groups excluding carboxylic acids is 2. The molecule has 1 fully saturated rings. The molecule has 1 saturated carbocycles. The molecule has 0 radical (unpaired) electrons. The van der Waals surface area contributed by atoms with Gasteiger partial charge in [0.25, 0.3) is 10.1 Å². The smallest absolute Gasteiger partial charge is 0.378 e. The van der Waals surface area contributed by atoms with E-state index in [4.69, 9.17) is 23.5 Å². The summed E-state index contributed by atoms with van der Waals surface area (Å²) in [5.74, 6) is -9.69. The molecule has 1 aliphatic carbocycles. The van der Waals surface area contributed by atoms with E-state index in [0.29, 0.717) is 39.3 Å². The topological polar surface area (TPSA) is 135 Å². The van der Waals surface area contributed by atoms with Crippen molar-refractivity contribution in [3.05, 3.63) is 0 Å². The number of halogens is 2. The molecule has 0 aromatic heterocycles. The molecule has 0 aromatic rings. The van der Waals surface area contributed by atoms with Gasteiger partial charge in [-0.25, -0.2) is 4.79 Å². The van der Waals surface area contributed by atoms with Crippen LogP contribution in [0.15, 0.2) is 0 Å². The molecule has 2 unspecified atom stereocenters. The maximum absolute atomic E-state index is 13.5. The van der Waals surface area contributed by atoms with Gasteiger partial charge < -0.3 is 23.7 Å². The number of alkyl halides is 2. The third-order valence-corrected chi connectivity index (χ3v) is 4.90. The lowest BCUT2D eigenvalue weighted by Crippen LogP contribution is -2.41. The second kappa shape index (κ2) is 13.1. The van der Waals surface area contributed by atoms with Crippen LogP contribution in [0.5, 0.6) is 0 Å². The van der Waals surface area contributed by atoms with Gasteiger partial charge in [0.15, 0.2) is 5.75 Å². The first-order valence-corrected chi connectivity index (χ1v) is 11.0. The second-order valence-electron chi connectivity index (χ2n) is 6.71. The van der Waals surface area contributed by atoms with E-state index >= 15 is 0 Å². The van der Waals surface area contributed by atoms with Crippen molar-refractivity contribution >= 4 is 22.1 Å². The predicted molar refractivity (Wildman–Crippen MR) is 97.7 cm³/mol. The third-order valence-electron chi connectivity index (χ3n) is 4.17. The van der Waals surface area contributed by atoms with Gasteiger partial charge in [-0.2, -0.15) is 17.2 Å². The van der Waals surface area contributed by atoms with Crippen LogP contribution in [0.3, 0.4) is 0 Å². The first kappa shape index (κ1) is 26.6. The molecule has 0 bridgehead atoms. The van der Waals surface area contributed by atoms with Gasteiger partial charge in [0.2, 0.25) is 0 Å². The molecule has 0 aromatic carbocycles. The SMILES string of the molecule is COCCOCCOCCOC(=O)C1CCCC(OC(=O)C(F)(F)CS(=O)(=O)O)C1. The molecule has 0 spiro atoms. The minimum absolute atomic E-state index is 0.00426. The third kappa shape index (κ3) is 11.1. The van der Waals surface area contributed by atoms with E-state index in [9.17, 15) is 26.8 Å². The fourth-order valence-corrected chi connectivity index (χ4v) is 3.35. The number of rotatable bonds is 14. The summed E-state index contributed by atoms with van der Waals surface area (Å²) in [6.07, 6.45) is 0.153. The van der Waals surface area contributed by atoms with Gasteiger partial charge in [0, 0.05) is 7.11 Å². The molecule has 0 aliphatic heterocycles. The second-order valence-corrected chi connectivity index (χ2v) is 8.16. The van der Waals surface area contributed by atoms with Crippen molar-refractivity contribution in [2.24, 2.45) is 5.92 Å². The summed E-state index contributed by atoms with van der Waals surface area (Å²) in [4.78, 5) is 23.6. The van der Waals surface area contributed by atoms with Crippen LogP contribution in [0.2, 0.25) is 0 Å². The van der Waals surface area contributed by atoms with Crippen LogP contribution in [0, 0.1) is 5.92 Å². The van der Waals surface area contributed by atoms with Crippen molar-refractivity contribution in [3.63, 3.8) is 0 Å². The van der Waals surface area contributed by atoms with Crippen molar-refractivity contribution in [2.45, 2.75) is 37.7 Å². The van der Waals surface area contributed by atoms with E-state index in [1.807, 2.05) is 0 Å². The molecule has 30 heavy (non-hydrogen) atoms. The Kier molecular flexibility index (Phi) is 11.6. The Balaban J connectivity index is 2.30. The predicted octanol–water partition coefficient (Wildman–Crippen LogP) is 0.834. The maximum Gasteiger partial charge on any atom is 0.378 e. The number of ether oxygens (including phenoxy) is 5. The summed E-state index contributed by atoms with van der Waals surface area (Å²) in [7, 11) is -3.50. The van der Waals surface area contributed by atoms with Crippen LogP contribution in [-0.4, -0.2) is 89.4 Å². The zero-order valence-corrected chi connectivity index (χ0v) is 17.5. The molecule has 10 nitrogen and oxygen atoms in total. The van der Waals surface area contributed by atoms with Gasteiger partial charge in [0.1, 0.15) is 12.7 Å². The van der Waals surface area contributed by atoms with Crippen molar-refractivity contribution in [1.82, 2.24) is 0 Å². The highest BCUT2D eigenvalue weighted by atomic mass is 32.2. The molecular formula is C17H28F2O10S. The van der Waals surface area contributed by atoms with Crippen LogP contribution in [0.1, 0.15) is 25.7 Å². The average molecular weight is 462 g/mol. The van der Waals surface area contributed by atoms with Crippen LogP contribution >= 0.6 is 0 Å². The summed E-state index contributed by atoms with van der Waals surface area (Å²) >= 11 is 0. The van der Waals surface area contributed by atoms with Crippen molar-refractivity contribution in [1.29, 1.82) is 0 Å². The molecule has 13 heteroatoms. The van der Waals surface area contributed by atoms with Crippen molar-refractivity contribution < 1.29 is 55.0 Å². The molecule has 176 valence electrons. The van der Waals surface area contributed by atoms with Crippen LogP contribution in [0.4, 0.5) is 8.78 Å². The summed E-state index contributed by atoms with van der Waals surface area (Å²) in [6, 6.07) is 0. The monoisotopic (exact) mass is 462 g/mol. The van der Waals surface area contributed by atoms with E-state index in [1.54, 1.807) is 7.11 Å². The number of methoxy groups -OCH3 is 1. The Labute approximate surface area is 173 Å². The minimum Gasteiger partial charge on any atom is -0.463 e. The first-order valence-electron chi connectivity index (χ1n) is 9.40. The van der Waals surface area contributed by atoms with Crippen molar-refractivity contribution in [3.8, 4) is 0 Å². The number of hydrogen-bond donors (Lipinski definition) is 1. The molecule has 0 amide bonds. The summed E-state index contributed by atoms with van der Waals surface area (Å²) in [5.41, 5.74) is 0. The Hall–Kier alpha value is -1.41. The van der Waals surface area contributed by atoms with E-state index in [2.05, 4.69) is 4.74 Å². The molecular weight excluding hydrogens is 434 g/mol. The van der Waals surface area contributed by atoms with E-state index in [1.165, 1.54) is 0 Å². The number of carbonyl (C=O) groups is 2. The summed E-state index contributed by atoms with van der Waals surface area (Å²) in [6.45, 7) is 1.78. The molecule has 1 rings (SSSR count). The number of esters is 2. The number of hydrogen-bond acceptors (Lipinski definition) is 9. The van der Waals surface area contributed by atoms with E-state index in [-0.39, 0.29) is 26.1 Å². The summed E-state index contributed by atoms with van der Waals surface area (Å²) < 4.78 is 81.8. The maximum atomic E-state index is 13.5. The largest absolute Gasteiger partial charge is 0.463 e. The minimum atomic E-state index is -5.07. The first-order chi connectivity index (χ1) is 14.0. The Morgan fingerprint density at radius 2 is 1.63 bits per heavy atom. The fraction of sp³-hybridized carbons (Fsp3) is 0.882. The van der Waals surface area contributed by atoms with Gasteiger partial charge in [-0.05, 0) is 25.7 Å². The Morgan fingerprint density at radius 1 is 1.03 bits per heavy atom. The highest BCUT2D eigenvalue weighted by molar-refractivity contribution is 7.85. The highest BCUT2D eigenvalue weighted by Gasteiger charge is 2.46. The standard InChI is InChI=1S/C17H28F2O10S/c1-25-5-6-26-7-8-27-9-10-28-15(20)13-3-2-4-14(11-13)29-16(21)17(18,19)12-30(22,23)24/h13-14H,2-12H2,1H3,(H,22,23,24). The quantitative estimate of drug-likeness (QED) is 0.225. The summed E-state index contributed by atoms with van der Waals surface area (Å²) in [5, 5.41) is 0. The molecule has 2 atom stereocenters. The molecule has 1 N–H and O–H groups in total. The van der Waals surface area contributed by atoms with Gasteiger partial charge >= 0.3 is 17.9 Å². The van der Waals surface area contributed by atoms with E-state index < -0.39 is 45.8 Å². The van der Waals surface area contributed by atoms with Gasteiger partial charge in [0.05, 0.1) is 39.0 Å². The van der Waals surface area contributed by atoms with Gasteiger partial charge in [-0.1, -0.05) is 0 Å². The average Bonchev–Trinajstić information content (AvgIpc) is 2.65. The van der Waals surface area contributed by atoms with E-state index in [0.717, 1.165) is 0 Å². The lowest BCUT2D eigenvalue weighted by Gasteiger charge is -2.28. The Morgan fingerprint density at radius 3 is 2.23 bits per heavy atom. The Bertz CT molecular complexity index is 640. The van der Waals surface area contributed by atoms with Gasteiger partial charge in [-0.15, -0.1) is 0 Å². The lowest BCUT2D eigenvalue weighted by molar-refractivity contribution is -0.178. The fourth-order valence-electron chi connectivity index (χ4n) is 2.77. The molecule has 0 heterocycles. The van der Waals surface area contributed by atoms with Crippen LogP contribution in [-0.2, 0) is 43.4 Å². The molecule has 0 saturated heterocycles. The van der Waals surface area contributed by atoms with Crippen LogP contribution < -0.4 is 0 Å².